The molecule has 0 aliphatic heterocycles. The highest BCUT2D eigenvalue weighted by Gasteiger charge is 2.50. The average Bonchev–Trinajstić information content (AvgIpc) is 2.65. The number of hydrogen-bond donors (Lipinski definition) is 0. The van der Waals surface area contributed by atoms with Gasteiger partial charge in [-0.3, -0.25) is 0 Å². The largest absolute Gasteiger partial charge is 0.224 e. The quantitative estimate of drug-likeness (QED) is 0.362. The van der Waals surface area contributed by atoms with Crippen molar-refractivity contribution < 1.29 is 9.78 Å². The van der Waals surface area contributed by atoms with Crippen LogP contribution in [-0.4, -0.2) is 0 Å². The molecule has 0 amide bonds. The predicted octanol–water partition coefficient (Wildman–Crippen LogP) is 7.64. The molecule has 2 aromatic carbocycles. The standard InChI is InChI=1S/C26H38O2/c1-9-25(23(3,4)5,21-17-13-11-14-18-21)27-28-26(10-2,24(6,7)8)22-19-15-12-16-20-22/h11-20H,9-10H2,1-8H3. The number of rotatable bonds is 7. The molecular formula is C26H38O2. The highest BCUT2D eigenvalue weighted by molar-refractivity contribution is 5.26. The highest BCUT2D eigenvalue weighted by atomic mass is 17.2. The zero-order valence-corrected chi connectivity index (χ0v) is 19.0. The second-order valence-electron chi connectivity index (χ2n) is 9.76. The van der Waals surface area contributed by atoms with Crippen molar-refractivity contribution in [2.75, 3.05) is 0 Å². The van der Waals surface area contributed by atoms with Gasteiger partial charge in [0.1, 0.15) is 11.2 Å². The van der Waals surface area contributed by atoms with Gasteiger partial charge < -0.3 is 0 Å². The van der Waals surface area contributed by atoms with Gasteiger partial charge in [-0.2, -0.15) is 0 Å². The van der Waals surface area contributed by atoms with Gasteiger partial charge in [-0.25, -0.2) is 9.78 Å². The van der Waals surface area contributed by atoms with Gasteiger partial charge >= 0.3 is 0 Å². The lowest BCUT2D eigenvalue weighted by Crippen LogP contribution is -2.48. The van der Waals surface area contributed by atoms with Crippen LogP contribution in [0.4, 0.5) is 0 Å². The predicted molar refractivity (Wildman–Crippen MR) is 118 cm³/mol. The van der Waals surface area contributed by atoms with Gasteiger partial charge in [0.05, 0.1) is 0 Å². The van der Waals surface area contributed by atoms with Gasteiger partial charge in [0, 0.05) is 0 Å². The molecule has 0 spiro atoms. The fourth-order valence-corrected chi connectivity index (χ4v) is 4.36. The summed E-state index contributed by atoms with van der Waals surface area (Å²) in [4.78, 5) is 13.1. The summed E-state index contributed by atoms with van der Waals surface area (Å²) in [6, 6.07) is 21.0. The summed E-state index contributed by atoms with van der Waals surface area (Å²) in [5.74, 6) is 0. The van der Waals surface area contributed by atoms with Gasteiger partial charge in [-0.05, 0) is 34.8 Å². The Balaban J connectivity index is 2.54. The van der Waals surface area contributed by atoms with Crippen LogP contribution in [0.3, 0.4) is 0 Å². The maximum Gasteiger partial charge on any atom is 0.133 e. The molecule has 0 aromatic heterocycles. The smallest absolute Gasteiger partial charge is 0.133 e. The van der Waals surface area contributed by atoms with Crippen molar-refractivity contribution in [1.29, 1.82) is 0 Å². The number of hydrogen-bond acceptors (Lipinski definition) is 2. The molecule has 154 valence electrons. The molecule has 28 heavy (non-hydrogen) atoms. The molecule has 2 unspecified atom stereocenters. The Morgan fingerprint density at radius 2 is 0.821 bits per heavy atom. The third-order valence-corrected chi connectivity index (χ3v) is 6.23. The third-order valence-electron chi connectivity index (χ3n) is 6.23. The van der Waals surface area contributed by atoms with Crippen LogP contribution in [-0.2, 0) is 21.0 Å². The van der Waals surface area contributed by atoms with Crippen LogP contribution in [0, 0.1) is 10.8 Å². The van der Waals surface area contributed by atoms with E-state index in [-0.39, 0.29) is 10.8 Å². The lowest BCUT2D eigenvalue weighted by molar-refractivity contribution is -0.457. The molecule has 2 nitrogen and oxygen atoms in total. The molecule has 0 fully saturated rings. The van der Waals surface area contributed by atoms with Crippen molar-refractivity contribution >= 4 is 0 Å². The first-order valence-electron chi connectivity index (χ1n) is 10.5. The van der Waals surface area contributed by atoms with E-state index < -0.39 is 11.2 Å². The molecule has 2 heteroatoms. The van der Waals surface area contributed by atoms with Crippen molar-refractivity contribution in [2.45, 2.75) is 79.4 Å². The Labute approximate surface area is 172 Å². The molecule has 0 aliphatic rings. The minimum Gasteiger partial charge on any atom is -0.224 e. The summed E-state index contributed by atoms with van der Waals surface area (Å²) in [7, 11) is 0. The Hall–Kier alpha value is -1.64. The van der Waals surface area contributed by atoms with E-state index in [1.165, 1.54) is 0 Å². The molecular weight excluding hydrogens is 344 g/mol. The Morgan fingerprint density at radius 1 is 0.536 bits per heavy atom. The second-order valence-corrected chi connectivity index (χ2v) is 9.76. The van der Waals surface area contributed by atoms with Gasteiger partial charge in [0.25, 0.3) is 0 Å². The van der Waals surface area contributed by atoms with Crippen molar-refractivity contribution in [3.05, 3.63) is 71.8 Å². The molecule has 0 radical (unpaired) electrons. The maximum atomic E-state index is 6.57. The monoisotopic (exact) mass is 382 g/mol. The zero-order valence-electron chi connectivity index (χ0n) is 19.0. The Bertz CT molecular complexity index is 659. The normalized spacial score (nSPS) is 17.0. The first-order chi connectivity index (χ1) is 13.0. The topological polar surface area (TPSA) is 18.5 Å². The molecule has 0 bridgehead atoms. The second kappa shape index (κ2) is 8.39. The van der Waals surface area contributed by atoms with E-state index >= 15 is 0 Å². The van der Waals surface area contributed by atoms with Crippen molar-refractivity contribution in [1.82, 2.24) is 0 Å². The molecule has 0 N–H and O–H groups in total. The molecule has 2 rings (SSSR count). The minimum atomic E-state index is -0.547. The van der Waals surface area contributed by atoms with E-state index in [1.54, 1.807) is 0 Å². The SMILES string of the molecule is CCC(OOC(CC)(c1ccccc1)C(C)(C)C)(c1ccccc1)C(C)(C)C. The van der Waals surface area contributed by atoms with Crippen molar-refractivity contribution in [2.24, 2.45) is 10.8 Å². The summed E-state index contributed by atoms with van der Waals surface area (Å²) >= 11 is 0. The van der Waals surface area contributed by atoms with E-state index in [9.17, 15) is 0 Å². The first kappa shape index (κ1) is 22.6. The van der Waals surface area contributed by atoms with Gasteiger partial charge in [-0.1, -0.05) is 116 Å². The summed E-state index contributed by atoms with van der Waals surface area (Å²) in [5.41, 5.74) is 0.923. The summed E-state index contributed by atoms with van der Waals surface area (Å²) < 4.78 is 0. The van der Waals surface area contributed by atoms with Crippen LogP contribution in [0.5, 0.6) is 0 Å². The van der Waals surface area contributed by atoms with E-state index in [0.29, 0.717) is 0 Å². The van der Waals surface area contributed by atoms with E-state index in [2.05, 4.69) is 104 Å². The fraction of sp³-hybridized carbons (Fsp3) is 0.538. The van der Waals surface area contributed by atoms with E-state index in [1.807, 2.05) is 12.1 Å². The summed E-state index contributed by atoms with van der Waals surface area (Å²) in [5, 5.41) is 0. The lowest BCUT2D eigenvalue weighted by Gasteiger charge is -2.49. The van der Waals surface area contributed by atoms with Crippen molar-refractivity contribution in [3.8, 4) is 0 Å². The van der Waals surface area contributed by atoms with Crippen LogP contribution >= 0.6 is 0 Å². The maximum absolute atomic E-state index is 6.57. The molecule has 0 aliphatic carbocycles. The van der Waals surface area contributed by atoms with Crippen molar-refractivity contribution in [3.63, 3.8) is 0 Å². The number of benzene rings is 2. The molecule has 0 saturated heterocycles. The van der Waals surface area contributed by atoms with E-state index in [4.69, 9.17) is 9.78 Å². The van der Waals surface area contributed by atoms with Gasteiger partial charge in [-0.15, -0.1) is 0 Å². The van der Waals surface area contributed by atoms with Gasteiger partial charge in [0.2, 0.25) is 0 Å². The molecule has 2 atom stereocenters. The fourth-order valence-electron chi connectivity index (χ4n) is 4.36. The minimum absolute atomic E-state index is 0.142. The first-order valence-corrected chi connectivity index (χ1v) is 10.5. The van der Waals surface area contributed by atoms with Crippen LogP contribution in [0.2, 0.25) is 0 Å². The molecule has 0 heterocycles. The Kier molecular flexibility index (Phi) is 6.78. The molecule has 2 aromatic rings. The third kappa shape index (κ3) is 4.04. The van der Waals surface area contributed by atoms with Crippen LogP contribution in [0.25, 0.3) is 0 Å². The molecule has 0 saturated carbocycles. The van der Waals surface area contributed by atoms with E-state index in [0.717, 1.165) is 24.0 Å². The zero-order chi connectivity index (χ0) is 21.1. The van der Waals surface area contributed by atoms with Gasteiger partial charge in [0.15, 0.2) is 0 Å². The Morgan fingerprint density at radius 3 is 1.04 bits per heavy atom. The van der Waals surface area contributed by atoms with Crippen LogP contribution in [0.15, 0.2) is 60.7 Å². The lowest BCUT2D eigenvalue weighted by atomic mass is 9.70. The van der Waals surface area contributed by atoms with Crippen LogP contribution in [0.1, 0.15) is 79.4 Å². The summed E-state index contributed by atoms with van der Waals surface area (Å²) in [6.07, 6.45) is 1.64. The highest BCUT2D eigenvalue weighted by Crippen LogP contribution is 2.51. The average molecular weight is 383 g/mol. The van der Waals surface area contributed by atoms with Crippen LogP contribution < -0.4 is 0 Å². The summed E-state index contributed by atoms with van der Waals surface area (Å²) in [6.45, 7) is 17.7.